The molecule has 2 aromatic carbocycles. The van der Waals surface area contributed by atoms with Gasteiger partial charge in [0.2, 0.25) is 5.76 Å². The molecule has 0 fully saturated rings. The molecule has 8 heteroatoms. The minimum absolute atomic E-state index is 0.0601. The lowest BCUT2D eigenvalue weighted by molar-refractivity contribution is 0.0663. The summed E-state index contributed by atoms with van der Waals surface area (Å²) in [4.78, 5) is 10.8. The molecule has 128 valence electrons. The molecule has 0 aliphatic carbocycles. The Labute approximate surface area is 142 Å². The lowest BCUT2D eigenvalue weighted by Crippen LogP contribution is -2.12. The summed E-state index contributed by atoms with van der Waals surface area (Å²) >= 11 is 0. The van der Waals surface area contributed by atoms with Crippen LogP contribution in [0.5, 0.6) is 0 Å². The van der Waals surface area contributed by atoms with E-state index in [9.17, 15) is 17.6 Å². The molecule has 3 rings (SSSR count). The summed E-state index contributed by atoms with van der Waals surface area (Å²) in [7, 11) is -3.83. The van der Waals surface area contributed by atoms with Gasteiger partial charge < -0.3 is 9.52 Å². The zero-order valence-corrected chi connectivity index (χ0v) is 13.5. The molecule has 0 radical (unpaired) electrons. The van der Waals surface area contributed by atoms with Crippen LogP contribution in [-0.2, 0) is 10.0 Å². The van der Waals surface area contributed by atoms with Crippen LogP contribution in [0.3, 0.4) is 0 Å². The Morgan fingerprint density at radius 3 is 2.16 bits per heavy atom. The second-order valence-corrected chi connectivity index (χ2v) is 6.79. The third-order valence-electron chi connectivity index (χ3n) is 3.36. The number of halogens is 1. The third kappa shape index (κ3) is 3.69. The van der Waals surface area contributed by atoms with Crippen LogP contribution in [0.15, 0.2) is 70.0 Å². The van der Waals surface area contributed by atoms with Gasteiger partial charge in [-0.15, -0.1) is 0 Å². The van der Waals surface area contributed by atoms with Gasteiger partial charge in [-0.3, -0.25) is 4.72 Å². The molecular weight excluding hydrogens is 349 g/mol. The smallest absolute Gasteiger partial charge is 0.371 e. The molecule has 0 atom stereocenters. The van der Waals surface area contributed by atoms with Crippen molar-refractivity contribution in [2.24, 2.45) is 0 Å². The molecule has 0 amide bonds. The van der Waals surface area contributed by atoms with Gasteiger partial charge in [0, 0.05) is 11.3 Å². The highest BCUT2D eigenvalue weighted by Gasteiger charge is 2.15. The van der Waals surface area contributed by atoms with Crippen molar-refractivity contribution in [3.05, 3.63) is 72.2 Å². The molecule has 1 aromatic heterocycles. The number of hydrogen-bond donors (Lipinski definition) is 2. The molecule has 25 heavy (non-hydrogen) atoms. The number of furan rings is 1. The van der Waals surface area contributed by atoms with E-state index in [4.69, 9.17) is 9.52 Å². The molecule has 0 bridgehead atoms. The Balaban J connectivity index is 1.80. The standard InChI is InChI=1S/C17H12FNO5S/c18-12-3-7-14(8-4-12)25(22,23)19-13-5-1-11(2-6-13)15-9-10-16(24-15)17(20)21/h1-10,19H,(H,20,21). The predicted molar refractivity (Wildman–Crippen MR) is 88.3 cm³/mol. The molecule has 3 aromatic rings. The fraction of sp³-hybridized carbons (Fsp3) is 0. The first kappa shape index (κ1) is 16.7. The van der Waals surface area contributed by atoms with Crippen molar-refractivity contribution in [3.8, 4) is 11.3 Å². The number of hydrogen-bond acceptors (Lipinski definition) is 4. The van der Waals surface area contributed by atoms with Crippen molar-refractivity contribution in [1.82, 2.24) is 0 Å². The first-order valence-electron chi connectivity index (χ1n) is 7.07. The molecule has 0 saturated heterocycles. The molecular formula is C17H12FNO5S. The van der Waals surface area contributed by atoms with E-state index in [-0.39, 0.29) is 10.7 Å². The fourth-order valence-corrected chi connectivity index (χ4v) is 3.20. The van der Waals surface area contributed by atoms with Gasteiger partial charge >= 0.3 is 5.97 Å². The predicted octanol–water partition coefficient (Wildman–Crippen LogP) is 3.58. The quantitative estimate of drug-likeness (QED) is 0.724. The second-order valence-electron chi connectivity index (χ2n) is 5.11. The molecule has 6 nitrogen and oxygen atoms in total. The largest absolute Gasteiger partial charge is 0.475 e. The van der Waals surface area contributed by atoms with E-state index in [1.54, 1.807) is 12.1 Å². The summed E-state index contributed by atoms with van der Waals surface area (Å²) < 4.78 is 44.9. The van der Waals surface area contributed by atoms with Crippen LogP contribution in [0.1, 0.15) is 10.6 Å². The average molecular weight is 361 g/mol. The topological polar surface area (TPSA) is 96.6 Å². The summed E-state index contributed by atoms with van der Waals surface area (Å²) in [6.45, 7) is 0. The van der Waals surface area contributed by atoms with E-state index in [2.05, 4.69) is 4.72 Å². The molecule has 0 saturated carbocycles. The summed E-state index contributed by atoms with van der Waals surface area (Å²) in [6.07, 6.45) is 0. The van der Waals surface area contributed by atoms with Gasteiger partial charge in [0.1, 0.15) is 11.6 Å². The Bertz CT molecular complexity index is 1010. The number of nitrogens with one attached hydrogen (secondary N) is 1. The number of carbonyl (C=O) groups is 1. The van der Waals surface area contributed by atoms with E-state index in [1.165, 1.54) is 36.4 Å². The lowest BCUT2D eigenvalue weighted by atomic mass is 10.1. The number of sulfonamides is 1. The molecule has 0 aliphatic rings. The third-order valence-corrected chi connectivity index (χ3v) is 4.76. The maximum atomic E-state index is 12.9. The summed E-state index contributed by atoms with van der Waals surface area (Å²) in [5, 5.41) is 8.85. The van der Waals surface area contributed by atoms with Crippen LogP contribution < -0.4 is 4.72 Å². The van der Waals surface area contributed by atoms with Gasteiger partial charge in [-0.25, -0.2) is 17.6 Å². The molecule has 1 heterocycles. The Morgan fingerprint density at radius 1 is 0.960 bits per heavy atom. The molecule has 0 spiro atoms. The number of benzene rings is 2. The maximum Gasteiger partial charge on any atom is 0.371 e. The van der Waals surface area contributed by atoms with Crippen LogP contribution in [0.4, 0.5) is 10.1 Å². The summed E-state index contributed by atoms with van der Waals surface area (Å²) in [6, 6.07) is 13.5. The van der Waals surface area contributed by atoms with Crippen molar-refractivity contribution in [2.75, 3.05) is 4.72 Å². The van der Waals surface area contributed by atoms with Crippen LogP contribution in [-0.4, -0.2) is 19.5 Å². The van der Waals surface area contributed by atoms with Gasteiger partial charge in [-0.05, 0) is 60.7 Å². The SMILES string of the molecule is O=C(O)c1ccc(-c2ccc(NS(=O)(=O)c3ccc(F)cc3)cc2)o1. The average Bonchev–Trinajstić information content (AvgIpc) is 3.06. The maximum absolute atomic E-state index is 12.9. The fourth-order valence-electron chi connectivity index (χ4n) is 2.14. The van der Waals surface area contributed by atoms with Gasteiger partial charge in [-0.2, -0.15) is 0 Å². The van der Waals surface area contributed by atoms with Gasteiger partial charge in [0.25, 0.3) is 10.0 Å². The minimum Gasteiger partial charge on any atom is -0.475 e. The van der Waals surface area contributed by atoms with E-state index in [1.807, 2.05) is 0 Å². The van der Waals surface area contributed by atoms with Crippen molar-refractivity contribution < 1.29 is 27.1 Å². The first-order valence-corrected chi connectivity index (χ1v) is 8.55. The second kappa shape index (κ2) is 6.40. The zero-order valence-electron chi connectivity index (χ0n) is 12.6. The Kier molecular flexibility index (Phi) is 4.28. The number of aromatic carboxylic acids is 1. The lowest BCUT2D eigenvalue weighted by Gasteiger charge is -2.08. The van der Waals surface area contributed by atoms with Crippen molar-refractivity contribution in [2.45, 2.75) is 4.90 Å². The highest BCUT2D eigenvalue weighted by Crippen LogP contribution is 2.25. The normalized spacial score (nSPS) is 11.2. The summed E-state index contributed by atoms with van der Waals surface area (Å²) in [5.41, 5.74) is 0.898. The number of rotatable bonds is 5. The van der Waals surface area contributed by atoms with Crippen LogP contribution >= 0.6 is 0 Å². The van der Waals surface area contributed by atoms with E-state index in [0.29, 0.717) is 17.0 Å². The van der Waals surface area contributed by atoms with Crippen molar-refractivity contribution >= 4 is 21.7 Å². The van der Waals surface area contributed by atoms with Crippen LogP contribution in [0.25, 0.3) is 11.3 Å². The van der Waals surface area contributed by atoms with Gasteiger partial charge in [0.15, 0.2) is 0 Å². The number of anilines is 1. The number of carboxylic acid groups (broad SMARTS) is 1. The van der Waals surface area contributed by atoms with E-state index in [0.717, 1.165) is 12.1 Å². The highest BCUT2D eigenvalue weighted by molar-refractivity contribution is 7.92. The molecule has 0 unspecified atom stereocenters. The van der Waals surface area contributed by atoms with Gasteiger partial charge in [-0.1, -0.05) is 0 Å². The van der Waals surface area contributed by atoms with Gasteiger partial charge in [0.05, 0.1) is 4.90 Å². The van der Waals surface area contributed by atoms with Crippen LogP contribution in [0, 0.1) is 5.82 Å². The van der Waals surface area contributed by atoms with Crippen molar-refractivity contribution in [1.29, 1.82) is 0 Å². The van der Waals surface area contributed by atoms with E-state index < -0.39 is 21.8 Å². The highest BCUT2D eigenvalue weighted by atomic mass is 32.2. The Hall–Kier alpha value is -3.13. The summed E-state index contributed by atoms with van der Waals surface area (Å²) in [5.74, 6) is -1.53. The van der Waals surface area contributed by atoms with E-state index >= 15 is 0 Å². The zero-order chi connectivity index (χ0) is 18.0. The van der Waals surface area contributed by atoms with Crippen LogP contribution in [0.2, 0.25) is 0 Å². The number of carboxylic acids is 1. The first-order chi connectivity index (χ1) is 11.8. The monoisotopic (exact) mass is 361 g/mol. The molecule has 2 N–H and O–H groups in total. The minimum atomic E-state index is -3.83. The Morgan fingerprint density at radius 2 is 1.60 bits per heavy atom. The molecule has 0 aliphatic heterocycles. The van der Waals surface area contributed by atoms with Crippen molar-refractivity contribution in [3.63, 3.8) is 0 Å².